The van der Waals surface area contributed by atoms with Gasteiger partial charge >= 0.3 is 12.1 Å². The van der Waals surface area contributed by atoms with Crippen LogP contribution in [0.1, 0.15) is 78.1 Å². The van der Waals surface area contributed by atoms with Crippen molar-refractivity contribution in [2.45, 2.75) is 84.1 Å². The number of unbranched alkanes of at least 4 members (excludes halogenated alkanes) is 1. The quantitative estimate of drug-likeness (QED) is 0.481. The average Bonchev–Trinajstić information content (AvgIpc) is 2.73. The first-order valence-corrected chi connectivity index (χ1v) is 11.0. The number of nitrogens with zero attached hydrogens (tertiary/aromatic N) is 2. The van der Waals surface area contributed by atoms with Gasteiger partial charge in [0.05, 0.1) is 6.61 Å². The number of rotatable bonds is 7. The van der Waals surface area contributed by atoms with E-state index in [4.69, 9.17) is 4.74 Å². The smallest absolute Gasteiger partial charge is 0.428 e. The second-order valence-corrected chi connectivity index (χ2v) is 7.67. The van der Waals surface area contributed by atoms with Crippen molar-refractivity contribution in [2.75, 3.05) is 19.7 Å². The summed E-state index contributed by atoms with van der Waals surface area (Å²) >= 11 is 0. The third kappa shape index (κ3) is 7.21. The fourth-order valence-electron chi connectivity index (χ4n) is 3.86. The number of hydrogen-bond acceptors (Lipinski definition) is 3. The minimum atomic E-state index is -0.404. The molecule has 158 valence electrons. The Bertz CT molecular complexity index is 553. The van der Waals surface area contributed by atoms with Gasteiger partial charge in [0.15, 0.2) is 0 Å². The Kier molecular flexibility index (Phi) is 9.94. The molecule has 0 aromatic carbocycles. The fourth-order valence-corrected chi connectivity index (χ4v) is 3.86. The Morgan fingerprint density at radius 3 is 2.39 bits per heavy atom. The first kappa shape index (κ1) is 22.3. The summed E-state index contributed by atoms with van der Waals surface area (Å²) in [5, 5.41) is 6.14. The molecule has 0 atom stereocenters. The number of urea groups is 1. The molecule has 1 aliphatic carbocycles. The van der Waals surface area contributed by atoms with E-state index in [0.29, 0.717) is 19.7 Å². The highest BCUT2D eigenvalue weighted by molar-refractivity contribution is 5.78. The second kappa shape index (κ2) is 12.5. The van der Waals surface area contributed by atoms with E-state index < -0.39 is 6.09 Å². The van der Waals surface area contributed by atoms with Crippen LogP contribution in [0.2, 0.25) is 0 Å². The van der Waals surface area contributed by atoms with Gasteiger partial charge in [-0.05, 0) is 58.8 Å². The van der Waals surface area contributed by atoms with E-state index >= 15 is 0 Å². The van der Waals surface area contributed by atoms with E-state index in [1.54, 1.807) is 5.01 Å². The lowest BCUT2D eigenvalue weighted by molar-refractivity contribution is -0.0142. The number of nitrogens with one attached hydrogen (secondary N) is 1. The van der Waals surface area contributed by atoms with E-state index in [0.717, 1.165) is 44.9 Å². The lowest BCUT2D eigenvalue weighted by Crippen LogP contribution is -2.57. The summed E-state index contributed by atoms with van der Waals surface area (Å²) in [5.41, 5.74) is 1.30. The van der Waals surface area contributed by atoms with Crippen LogP contribution in [0.5, 0.6) is 0 Å². The van der Waals surface area contributed by atoms with Gasteiger partial charge in [0, 0.05) is 19.1 Å². The minimum absolute atomic E-state index is 0.160. The van der Waals surface area contributed by atoms with E-state index in [1.165, 1.54) is 29.8 Å². The molecule has 1 aliphatic heterocycles. The van der Waals surface area contributed by atoms with Crippen LogP contribution in [0, 0.1) is 0 Å². The van der Waals surface area contributed by atoms with Crippen LogP contribution in [0.15, 0.2) is 23.8 Å². The number of ether oxygens (including phenoxy) is 1. The highest BCUT2D eigenvalue weighted by Gasteiger charge is 2.31. The molecule has 6 heteroatoms. The predicted molar refractivity (Wildman–Crippen MR) is 112 cm³/mol. The first-order valence-electron chi connectivity index (χ1n) is 11.0. The summed E-state index contributed by atoms with van der Waals surface area (Å²) in [4.78, 5) is 25.2. The van der Waals surface area contributed by atoms with Gasteiger partial charge in [-0.1, -0.05) is 43.1 Å². The normalized spacial score (nSPS) is 19.1. The monoisotopic (exact) mass is 391 g/mol. The largest absolute Gasteiger partial charge is 0.448 e. The molecule has 0 unspecified atom stereocenters. The molecule has 0 aromatic heterocycles. The van der Waals surface area contributed by atoms with E-state index in [-0.39, 0.29) is 12.1 Å². The third-order valence-corrected chi connectivity index (χ3v) is 5.50. The van der Waals surface area contributed by atoms with Gasteiger partial charge in [0.1, 0.15) is 0 Å². The van der Waals surface area contributed by atoms with Gasteiger partial charge in [-0.3, -0.25) is 0 Å². The number of hydrogen-bond donors (Lipinski definition) is 1. The van der Waals surface area contributed by atoms with Gasteiger partial charge in [-0.25, -0.2) is 19.6 Å². The highest BCUT2D eigenvalue weighted by atomic mass is 16.6. The van der Waals surface area contributed by atoms with Crippen molar-refractivity contribution < 1.29 is 14.3 Å². The fraction of sp³-hybridized carbons (Fsp3) is 0.727. The number of carbonyl (C=O) groups is 2. The number of carbonyl (C=O) groups excluding carboxylic acids is 2. The summed E-state index contributed by atoms with van der Waals surface area (Å²) < 4.78 is 5.46. The number of hydrazine groups is 1. The van der Waals surface area contributed by atoms with Gasteiger partial charge in [0.2, 0.25) is 0 Å². The molecule has 0 spiro atoms. The van der Waals surface area contributed by atoms with Gasteiger partial charge in [-0.2, -0.15) is 0 Å². The predicted octanol–water partition coefficient (Wildman–Crippen LogP) is 5.17. The molecule has 0 radical (unpaired) electrons. The molecule has 2 rings (SSSR count). The van der Waals surface area contributed by atoms with Crippen molar-refractivity contribution in [3.05, 3.63) is 23.8 Å². The summed E-state index contributed by atoms with van der Waals surface area (Å²) in [7, 11) is 0. The molecule has 1 saturated carbocycles. The maximum absolute atomic E-state index is 12.7. The number of allylic oxidation sites excluding steroid dienone is 4. The molecule has 1 heterocycles. The number of amides is 3. The molecule has 1 N–H and O–H groups in total. The molecule has 0 bridgehead atoms. The molecule has 28 heavy (non-hydrogen) atoms. The second-order valence-electron chi connectivity index (χ2n) is 7.67. The average molecular weight is 392 g/mol. The molecule has 6 nitrogen and oxygen atoms in total. The Balaban J connectivity index is 1.75. The van der Waals surface area contributed by atoms with Gasteiger partial charge in [-0.15, -0.1) is 0 Å². The van der Waals surface area contributed by atoms with Crippen LogP contribution in [0.3, 0.4) is 0 Å². The van der Waals surface area contributed by atoms with E-state index in [9.17, 15) is 9.59 Å². The third-order valence-electron chi connectivity index (χ3n) is 5.50. The maximum atomic E-state index is 12.7. The zero-order valence-corrected chi connectivity index (χ0v) is 17.6. The van der Waals surface area contributed by atoms with Crippen molar-refractivity contribution in [1.82, 2.24) is 15.3 Å². The van der Waals surface area contributed by atoms with Crippen molar-refractivity contribution in [3.8, 4) is 0 Å². The van der Waals surface area contributed by atoms with Crippen LogP contribution in [-0.4, -0.2) is 47.9 Å². The summed E-state index contributed by atoms with van der Waals surface area (Å²) in [6.07, 6.45) is 16.1. The zero-order chi connectivity index (χ0) is 20.2. The summed E-state index contributed by atoms with van der Waals surface area (Å²) in [6, 6.07) is 0.0756. The minimum Gasteiger partial charge on any atom is -0.448 e. The first-order chi connectivity index (χ1) is 13.7. The van der Waals surface area contributed by atoms with Crippen molar-refractivity contribution in [2.24, 2.45) is 0 Å². The Morgan fingerprint density at radius 1 is 1.00 bits per heavy atom. The lowest BCUT2D eigenvalue weighted by atomic mass is 9.96. The van der Waals surface area contributed by atoms with Crippen LogP contribution in [0.4, 0.5) is 9.59 Å². The summed E-state index contributed by atoms with van der Waals surface area (Å²) in [5.74, 6) is 0. The van der Waals surface area contributed by atoms with Crippen molar-refractivity contribution >= 4 is 12.1 Å². The highest BCUT2D eigenvalue weighted by Crippen LogP contribution is 2.19. The van der Waals surface area contributed by atoms with Gasteiger partial charge in [0.25, 0.3) is 0 Å². The lowest BCUT2D eigenvalue weighted by Gasteiger charge is -2.38. The van der Waals surface area contributed by atoms with Crippen molar-refractivity contribution in [3.63, 3.8) is 0 Å². The molecule has 1 saturated heterocycles. The van der Waals surface area contributed by atoms with Crippen LogP contribution in [-0.2, 0) is 4.74 Å². The summed E-state index contributed by atoms with van der Waals surface area (Å²) in [6.45, 7) is 5.56. The molecular formula is C22H37N3O3. The van der Waals surface area contributed by atoms with E-state index in [1.807, 2.05) is 19.9 Å². The Labute approximate surface area is 169 Å². The Hall–Kier alpha value is -1.98. The zero-order valence-electron chi connectivity index (χ0n) is 17.6. The Morgan fingerprint density at radius 2 is 1.71 bits per heavy atom. The molecule has 0 aromatic rings. The molecule has 2 aliphatic rings. The topological polar surface area (TPSA) is 61.9 Å². The van der Waals surface area contributed by atoms with Crippen LogP contribution >= 0.6 is 0 Å². The van der Waals surface area contributed by atoms with Crippen LogP contribution < -0.4 is 5.32 Å². The van der Waals surface area contributed by atoms with Crippen LogP contribution in [0.25, 0.3) is 0 Å². The van der Waals surface area contributed by atoms with Crippen molar-refractivity contribution in [1.29, 1.82) is 0 Å². The SMILES string of the molecule is C/C=C\C(=C/C)CCCCOC(=O)N1CCCCN1C(=O)NC1CCCCC1. The van der Waals surface area contributed by atoms with E-state index in [2.05, 4.69) is 17.5 Å². The van der Waals surface area contributed by atoms with Gasteiger partial charge < -0.3 is 10.1 Å². The molecule has 2 fully saturated rings. The standard InChI is InChI=1S/C22H37N3O3/c1-3-12-19(4-2)13-8-11-18-28-22(27)25-17-10-9-16-24(25)21(26)23-20-14-6-5-7-15-20/h3-4,12,20H,5-11,13-18H2,1-2H3,(H,23,26)/b12-3-,19-4+. The molecule has 3 amide bonds. The molecular weight excluding hydrogens is 354 g/mol. The maximum Gasteiger partial charge on any atom is 0.428 e.